The van der Waals surface area contributed by atoms with Gasteiger partial charge in [-0.15, -0.1) is 0 Å². The van der Waals surface area contributed by atoms with Gasteiger partial charge in [0.2, 0.25) is 0 Å². The van der Waals surface area contributed by atoms with E-state index in [1.807, 2.05) is 13.0 Å². The molecular weight excluding hydrogens is 270 g/mol. The fourth-order valence-electron chi connectivity index (χ4n) is 1.91. The predicted octanol–water partition coefficient (Wildman–Crippen LogP) is 3.56. The van der Waals surface area contributed by atoms with Crippen LogP contribution >= 0.6 is 0 Å². The van der Waals surface area contributed by atoms with E-state index in [0.717, 1.165) is 5.56 Å². The van der Waals surface area contributed by atoms with Gasteiger partial charge in [0.25, 0.3) is 0 Å². The molecule has 0 atom stereocenters. The molecule has 0 saturated carbocycles. The Morgan fingerprint density at radius 1 is 1.19 bits per heavy atom. The van der Waals surface area contributed by atoms with E-state index in [1.165, 1.54) is 6.07 Å². The van der Waals surface area contributed by atoms with E-state index < -0.39 is 4.92 Å². The maximum absolute atomic E-state index is 11.9. The zero-order chi connectivity index (χ0) is 15.2. The molecule has 108 valence electrons. The van der Waals surface area contributed by atoms with E-state index >= 15 is 0 Å². The predicted molar refractivity (Wildman–Crippen MR) is 78.7 cm³/mol. The van der Waals surface area contributed by atoms with Crippen molar-refractivity contribution in [2.75, 3.05) is 6.61 Å². The molecule has 2 rings (SSSR count). The molecule has 0 amide bonds. The second kappa shape index (κ2) is 6.65. The highest BCUT2D eigenvalue weighted by Crippen LogP contribution is 2.27. The Labute approximate surface area is 122 Å². The van der Waals surface area contributed by atoms with Crippen LogP contribution in [0.1, 0.15) is 22.3 Å². The quantitative estimate of drug-likeness (QED) is 0.462. The van der Waals surface area contributed by atoms with Gasteiger partial charge in [0, 0.05) is 18.1 Å². The largest absolute Gasteiger partial charge is 0.486 e. The maximum Gasteiger partial charge on any atom is 0.310 e. The SMILES string of the molecule is Cc1ccc([N+](=O)[O-])c(OCCC(=O)c2ccccc2)c1. The van der Waals surface area contributed by atoms with Crippen molar-refractivity contribution in [1.29, 1.82) is 0 Å². The number of Topliss-reactive ketones (excluding diaryl/α,β-unsaturated/α-hetero) is 1. The van der Waals surface area contributed by atoms with Crippen LogP contribution in [0.3, 0.4) is 0 Å². The Kier molecular flexibility index (Phi) is 4.66. The van der Waals surface area contributed by atoms with Crippen molar-refractivity contribution >= 4 is 11.5 Å². The molecule has 2 aromatic carbocycles. The van der Waals surface area contributed by atoms with Gasteiger partial charge in [0.1, 0.15) is 0 Å². The number of nitrogens with zero attached hydrogens (tertiary/aromatic N) is 1. The molecule has 5 nitrogen and oxygen atoms in total. The average Bonchev–Trinajstić information content (AvgIpc) is 2.48. The maximum atomic E-state index is 11.9. The second-order valence-corrected chi connectivity index (χ2v) is 4.62. The third kappa shape index (κ3) is 3.89. The van der Waals surface area contributed by atoms with Crippen molar-refractivity contribution in [1.82, 2.24) is 0 Å². The van der Waals surface area contributed by atoms with Crippen molar-refractivity contribution in [2.45, 2.75) is 13.3 Å². The van der Waals surface area contributed by atoms with Crippen molar-refractivity contribution in [2.24, 2.45) is 0 Å². The van der Waals surface area contributed by atoms with Crippen molar-refractivity contribution in [3.8, 4) is 5.75 Å². The second-order valence-electron chi connectivity index (χ2n) is 4.62. The third-order valence-corrected chi connectivity index (χ3v) is 2.99. The zero-order valence-electron chi connectivity index (χ0n) is 11.6. The van der Waals surface area contributed by atoms with Crippen LogP contribution in [-0.2, 0) is 0 Å². The first-order valence-corrected chi connectivity index (χ1v) is 6.54. The first kappa shape index (κ1) is 14.7. The first-order valence-electron chi connectivity index (χ1n) is 6.54. The Balaban J connectivity index is 1.99. The molecule has 0 unspecified atom stereocenters. The molecule has 0 heterocycles. The van der Waals surface area contributed by atoms with Crippen molar-refractivity contribution in [3.05, 3.63) is 69.8 Å². The molecule has 0 spiro atoms. The van der Waals surface area contributed by atoms with Crippen LogP contribution < -0.4 is 4.74 Å². The van der Waals surface area contributed by atoms with Crippen LogP contribution in [0, 0.1) is 17.0 Å². The molecule has 21 heavy (non-hydrogen) atoms. The Morgan fingerprint density at radius 2 is 1.90 bits per heavy atom. The number of hydrogen-bond acceptors (Lipinski definition) is 4. The molecule has 0 bridgehead atoms. The number of nitro groups is 1. The van der Waals surface area contributed by atoms with E-state index in [9.17, 15) is 14.9 Å². The molecule has 0 aliphatic heterocycles. The molecule has 0 N–H and O–H groups in total. The summed E-state index contributed by atoms with van der Waals surface area (Å²) < 4.78 is 5.41. The lowest BCUT2D eigenvalue weighted by Crippen LogP contribution is -2.07. The summed E-state index contributed by atoms with van der Waals surface area (Å²) in [4.78, 5) is 22.3. The number of carbonyl (C=O) groups is 1. The minimum Gasteiger partial charge on any atom is -0.486 e. The summed E-state index contributed by atoms with van der Waals surface area (Å²) in [7, 11) is 0. The molecule has 0 aliphatic rings. The average molecular weight is 285 g/mol. The van der Waals surface area contributed by atoms with Gasteiger partial charge in [-0.05, 0) is 18.6 Å². The Bertz CT molecular complexity index is 653. The summed E-state index contributed by atoms with van der Waals surface area (Å²) in [6, 6.07) is 13.5. The van der Waals surface area contributed by atoms with Crippen LogP contribution in [-0.4, -0.2) is 17.3 Å². The van der Waals surface area contributed by atoms with E-state index in [4.69, 9.17) is 4.74 Å². The summed E-state index contributed by atoms with van der Waals surface area (Å²) in [6.07, 6.45) is 0.176. The molecular formula is C16H15NO4. The molecule has 5 heteroatoms. The van der Waals surface area contributed by atoms with Gasteiger partial charge < -0.3 is 4.74 Å². The summed E-state index contributed by atoms with van der Waals surface area (Å²) >= 11 is 0. The van der Waals surface area contributed by atoms with Crippen molar-refractivity contribution in [3.63, 3.8) is 0 Å². The lowest BCUT2D eigenvalue weighted by Gasteiger charge is -2.07. The topological polar surface area (TPSA) is 69.4 Å². The zero-order valence-corrected chi connectivity index (χ0v) is 11.6. The van der Waals surface area contributed by atoms with Crippen LogP contribution in [0.15, 0.2) is 48.5 Å². The molecule has 0 fully saturated rings. The minimum atomic E-state index is -0.492. The number of rotatable bonds is 6. The summed E-state index contributed by atoms with van der Waals surface area (Å²) in [5, 5.41) is 10.9. The minimum absolute atomic E-state index is 0.0501. The van der Waals surface area contributed by atoms with Crippen LogP contribution in [0.25, 0.3) is 0 Å². The van der Waals surface area contributed by atoms with Gasteiger partial charge in [0.05, 0.1) is 11.5 Å². The highest BCUT2D eigenvalue weighted by atomic mass is 16.6. The summed E-state index contributed by atoms with van der Waals surface area (Å²) in [6.45, 7) is 1.93. The van der Waals surface area contributed by atoms with Crippen LogP contribution in [0.2, 0.25) is 0 Å². The normalized spacial score (nSPS) is 10.1. The van der Waals surface area contributed by atoms with E-state index in [-0.39, 0.29) is 30.2 Å². The van der Waals surface area contributed by atoms with Gasteiger partial charge in [0.15, 0.2) is 11.5 Å². The van der Waals surface area contributed by atoms with Gasteiger partial charge in [-0.1, -0.05) is 36.4 Å². The first-order chi connectivity index (χ1) is 10.1. The fourth-order valence-corrected chi connectivity index (χ4v) is 1.91. The van der Waals surface area contributed by atoms with E-state index in [0.29, 0.717) is 5.56 Å². The van der Waals surface area contributed by atoms with Crippen LogP contribution in [0.4, 0.5) is 5.69 Å². The van der Waals surface area contributed by atoms with Crippen molar-refractivity contribution < 1.29 is 14.5 Å². The number of aryl methyl sites for hydroxylation is 1. The third-order valence-electron chi connectivity index (χ3n) is 2.99. The lowest BCUT2D eigenvalue weighted by atomic mass is 10.1. The standard InChI is InChI=1S/C16H15NO4/c1-12-7-8-14(17(19)20)16(11-12)21-10-9-15(18)13-5-3-2-4-6-13/h2-8,11H,9-10H2,1H3. The van der Waals surface area contributed by atoms with E-state index in [1.54, 1.807) is 36.4 Å². The van der Waals surface area contributed by atoms with Gasteiger partial charge >= 0.3 is 5.69 Å². The summed E-state index contributed by atoms with van der Waals surface area (Å²) in [5.74, 6) is 0.145. The molecule has 0 saturated heterocycles. The smallest absolute Gasteiger partial charge is 0.310 e. The molecule has 0 radical (unpaired) electrons. The monoisotopic (exact) mass is 285 g/mol. The van der Waals surface area contributed by atoms with Gasteiger partial charge in [-0.25, -0.2) is 0 Å². The Hall–Kier alpha value is -2.69. The van der Waals surface area contributed by atoms with Gasteiger partial charge in [-0.3, -0.25) is 14.9 Å². The number of nitro benzene ring substituents is 1. The fraction of sp³-hybridized carbons (Fsp3) is 0.188. The molecule has 0 aliphatic carbocycles. The van der Waals surface area contributed by atoms with E-state index in [2.05, 4.69) is 0 Å². The highest BCUT2D eigenvalue weighted by Gasteiger charge is 2.15. The summed E-state index contributed by atoms with van der Waals surface area (Å²) in [5.41, 5.74) is 1.39. The van der Waals surface area contributed by atoms with Crippen LogP contribution in [0.5, 0.6) is 5.75 Å². The number of benzene rings is 2. The lowest BCUT2D eigenvalue weighted by molar-refractivity contribution is -0.385. The molecule has 0 aromatic heterocycles. The highest BCUT2D eigenvalue weighted by molar-refractivity contribution is 5.96. The van der Waals surface area contributed by atoms with Gasteiger partial charge in [-0.2, -0.15) is 0 Å². The number of ketones is 1. The number of hydrogen-bond donors (Lipinski definition) is 0. The Morgan fingerprint density at radius 3 is 2.57 bits per heavy atom. The molecule has 2 aromatic rings. The number of ether oxygens (including phenoxy) is 1. The number of carbonyl (C=O) groups excluding carboxylic acids is 1.